The van der Waals surface area contributed by atoms with Crippen molar-refractivity contribution in [2.75, 3.05) is 0 Å². The first-order chi connectivity index (χ1) is 16.5. The second-order valence-electron chi connectivity index (χ2n) is 14.5. The largest absolute Gasteiger partial charge is 0.481 e. The number of carboxylic acid groups (broad SMARTS) is 2. The first-order valence-corrected chi connectivity index (χ1v) is 14.1. The van der Waals surface area contributed by atoms with Crippen LogP contribution in [0, 0.1) is 50.7 Å². The van der Waals surface area contributed by atoms with Gasteiger partial charge in [0.1, 0.15) is 0 Å². The lowest BCUT2D eigenvalue weighted by atomic mass is 9.33. The Labute approximate surface area is 215 Å². The highest BCUT2D eigenvalue weighted by Crippen LogP contribution is 2.76. The molecule has 0 saturated heterocycles. The third kappa shape index (κ3) is 2.81. The van der Waals surface area contributed by atoms with Crippen LogP contribution in [0.5, 0.6) is 0 Å². The summed E-state index contributed by atoms with van der Waals surface area (Å²) in [5.74, 6) is -1.93. The average molecular weight is 503 g/mol. The van der Waals surface area contributed by atoms with Crippen molar-refractivity contribution >= 4 is 11.9 Å². The molecule has 0 amide bonds. The van der Waals surface area contributed by atoms with Gasteiger partial charge in [-0.25, -0.2) is 0 Å². The third-order valence-electron chi connectivity index (χ3n) is 13.6. The third-order valence-corrected chi connectivity index (χ3v) is 13.6. The van der Waals surface area contributed by atoms with Crippen molar-refractivity contribution < 1.29 is 30.0 Å². The van der Waals surface area contributed by atoms with Crippen molar-refractivity contribution in [1.29, 1.82) is 0 Å². The molecule has 5 aliphatic carbocycles. The van der Waals surface area contributed by atoms with Crippen molar-refractivity contribution in [1.82, 2.24) is 0 Å². The molecule has 5 aliphatic rings. The van der Waals surface area contributed by atoms with Crippen LogP contribution in [0.15, 0.2) is 11.6 Å². The normalized spacial score (nSPS) is 56.3. The highest BCUT2D eigenvalue weighted by molar-refractivity contribution is 5.77. The van der Waals surface area contributed by atoms with Crippen LogP contribution in [-0.2, 0) is 9.59 Å². The van der Waals surface area contributed by atoms with Gasteiger partial charge in [-0.15, -0.1) is 0 Å². The van der Waals surface area contributed by atoms with E-state index in [1.54, 1.807) is 6.92 Å². The van der Waals surface area contributed by atoms with E-state index in [4.69, 9.17) is 0 Å². The van der Waals surface area contributed by atoms with Crippen LogP contribution < -0.4 is 0 Å². The zero-order valence-electron chi connectivity index (χ0n) is 22.9. The van der Waals surface area contributed by atoms with E-state index in [0.29, 0.717) is 19.3 Å². The fourth-order valence-corrected chi connectivity index (χ4v) is 10.8. The fourth-order valence-electron chi connectivity index (χ4n) is 10.8. The second-order valence-corrected chi connectivity index (χ2v) is 14.5. The number of hydrogen-bond acceptors (Lipinski definition) is 4. The Morgan fingerprint density at radius 2 is 1.53 bits per heavy atom. The molecular weight excluding hydrogens is 456 g/mol. The highest BCUT2D eigenvalue weighted by Gasteiger charge is 2.72. The Bertz CT molecular complexity index is 1020. The molecule has 202 valence electrons. The fraction of sp³-hybridized carbons (Fsp3) is 0.867. The molecule has 0 bridgehead atoms. The number of hydrogen-bond donors (Lipinski definition) is 4. The summed E-state index contributed by atoms with van der Waals surface area (Å²) < 4.78 is 0. The number of carboxylic acids is 2. The van der Waals surface area contributed by atoms with E-state index in [-0.39, 0.29) is 34.0 Å². The summed E-state index contributed by atoms with van der Waals surface area (Å²) in [5.41, 5.74) is -2.66. The Balaban J connectivity index is 1.64. The van der Waals surface area contributed by atoms with Gasteiger partial charge in [0.15, 0.2) is 0 Å². The number of carbonyl (C=O) groups is 2. The van der Waals surface area contributed by atoms with Gasteiger partial charge in [-0.05, 0) is 106 Å². The van der Waals surface area contributed by atoms with E-state index in [2.05, 4.69) is 33.8 Å². The van der Waals surface area contributed by atoms with Crippen molar-refractivity contribution in [3.8, 4) is 0 Å². The topological polar surface area (TPSA) is 115 Å². The first kappa shape index (κ1) is 26.2. The van der Waals surface area contributed by atoms with Gasteiger partial charge in [-0.3, -0.25) is 9.59 Å². The van der Waals surface area contributed by atoms with Crippen LogP contribution in [0.2, 0.25) is 0 Å². The molecule has 6 nitrogen and oxygen atoms in total. The van der Waals surface area contributed by atoms with Gasteiger partial charge in [-0.1, -0.05) is 39.3 Å². The molecule has 0 aliphatic heterocycles. The Morgan fingerprint density at radius 3 is 2.14 bits per heavy atom. The summed E-state index contributed by atoms with van der Waals surface area (Å²) in [7, 11) is 0. The monoisotopic (exact) mass is 502 g/mol. The Hall–Kier alpha value is -1.40. The molecule has 0 aromatic heterocycles. The summed E-state index contributed by atoms with van der Waals surface area (Å²) in [5, 5.41) is 43.5. The van der Waals surface area contributed by atoms with E-state index in [9.17, 15) is 30.0 Å². The molecule has 0 heterocycles. The molecule has 0 radical (unpaired) electrons. The molecule has 0 aromatic carbocycles. The standard InChI is InChI=1S/C30H46O6/c1-17-9-14-30(24(34)35)16-15-26(3)18(22(30)29(17,6)36)7-8-19-25(2)12-11-21(31)28(5,23(32)33)20(25)10-13-27(19,26)4/h7,17,19-22,31,36H,8-16H2,1-6H3,(H,32,33)(H,34,35)/t17-,19+,20-,21+,22-,25-,26-,27+,28+,29+,30-/m1/s1. The molecule has 11 atom stereocenters. The molecule has 4 fully saturated rings. The van der Waals surface area contributed by atoms with Crippen molar-refractivity contribution in [2.45, 2.75) is 111 Å². The van der Waals surface area contributed by atoms with Gasteiger partial charge < -0.3 is 20.4 Å². The molecule has 4 saturated carbocycles. The minimum absolute atomic E-state index is 0.0214. The number of aliphatic hydroxyl groups is 2. The van der Waals surface area contributed by atoms with Crippen LogP contribution >= 0.6 is 0 Å². The van der Waals surface area contributed by atoms with Crippen molar-refractivity contribution in [3.05, 3.63) is 11.6 Å². The lowest BCUT2D eigenvalue weighted by Crippen LogP contribution is -2.68. The SMILES string of the molecule is C[C@@H]1CC[C@@]2(C(=O)O)CC[C@]3(C)C(=CC[C@H]4[C@@]5(C)CC[C@H](O)[C@@](C)(C(=O)O)[C@@H]5CC[C@@]43C)[C@@H]2[C@@]1(C)O. The summed E-state index contributed by atoms with van der Waals surface area (Å²) in [6, 6.07) is 0. The minimum Gasteiger partial charge on any atom is -0.481 e. The molecule has 6 heteroatoms. The van der Waals surface area contributed by atoms with E-state index in [0.717, 1.165) is 44.1 Å². The molecular formula is C30H46O6. The summed E-state index contributed by atoms with van der Waals surface area (Å²) in [4.78, 5) is 25.4. The molecule has 4 N–H and O–H groups in total. The maximum absolute atomic E-state index is 12.8. The van der Waals surface area contributed by atoms with E-state index < -0.39 is 40.4 Å². The van der Waals surface area contributed by atoms with Crippen LogP contribution in [0.3, 0.4) is 0 Å². The lowest BCUT2D eigenvalue weighted by molar-refractivity contribution is -0.224. The number of allylic oxidation sites excluding steroid dienone is 1. The summed E-state index contributed by atoms with van der Waals surface area (Å²) >= 11 is 0. The molecule has 36 heavy (non-hydrogen) atoms. The van der Waals surface area contributed by atoms with Gasteiger partial charge in [0.25, 0.3) is 0 Å². The van der Waals surface area contributed by atoms with E-state index in [1.165, 1.54) is 0 Å². The minimum atomic E-state index is -1.16. The molecule has 0 aromatic rings. The summed E-state index contributed by atoms with van der Waals surface area (Å²) in [6.07, 6.45) is 7.77. The molecule has 5 rings (SSSR count). The number of aliphatic hydroxyl groups excluding tert-OH is 1. The van der Waals surface area contributed by atoms with Crippen LogP contribution in [0.4, 0.5) is 0 Å². The van der Waals surface area contributed by atoms with Gasteiger partial charge in [-0.2, -0.15) is 0 Å². The van der Waals surface area contributed by atoms with Crippen molar-refractivity contribution in [2.24, 2.45) is 50.7 Å². The molecule has 0 spiro atoms. The van der Waals surface area contributed by atoms with Gasteiger partial charge in [0.05, 0.1) is 22.5 Å². The predicted octanol–water partition coefficient (Wildman–Crippen LogP) is 5.27. The number of aliphatic carboxylic acids is 2. The smallest absolute Gasteiger partial charge is 0.312 e. The average Bonchev–Trinajstić information content (AvgIpc) is 2.79. The van der Waals surface area contributed by atoms with Crippen LogP contribution in [0.1, 0.15) is 99.3 Å². The maximum Gasteiger partial charge on any atom is 0.312 e. The van der Waals surface area contributed by atoms with Gasteiger partial charge in [0, 0.05) is 5.92 Å². The van der Waals surface area contributed by atoms with Crippen LogP contribution in [0.25, 0.3) is 0 Å². The Kier molecular flexibility index (Phi) is 5.53. The zero-order valence-corrected chi connectivity index (χ0v) is 22.9. The molecule has 0 unspecified atom stereocenters. The lowest BCUT2D eigenvalue weighted by Gasteiger charge is -2.71. The highest BCUT2D eigenvalue weighted by atomic mass is 16.4. The van der Waals surface area contributed by atoms with E-state index in [1.807, 2.05) is 6.92 Å². The zero-order chi connectivity index (χ0) is 26.7. The van der Waals surface area contributed by atoms with Gasteiger partial charge >= 0.3 is 11.9 Å². The first-order valence-electron chi connectivity index (χ1n) is 14.1. The number of rotatable bonds is 2. The van der Waals surface area contributed by atoms with Crippen molar-refractivity contribution in [3.63, 3.8) is 0 Å². The number of fused-ring (bicyclic) bond motifs is 7. The maximum atomic E-state index is 12.8. The van der Waals surface area contributed by atoms with Gasteiger partial charge in [0.2, 0.25) is 0 Å². The van der Waals surface area contributed by atoms with Crippen LogP contribution in [-0.4, -0.2) is 44.1 Å². The Morgan fingerprint density at radius 1 is 0.861 bits per heavy atom. The predicted molar refractivity (Wildman–Crippen MR) is 136 cm³/mol. The second kappa shape index (κ2) is 7.59. The summed E-state index contributed by atoms with van der Waals surface area (Å²) in [6.45, 7) is 12.6. The van der Waals surface area contributed by atoms with E-state index >= 15 is 0 Å². The quantitative estimate of drug-likeness (QED) is 0.383.